The Morgan fingerprint density at radius 3 is 2.58 bits per heavy atom. The summed E-state index contributed by atoms with van der Waals surface area (Å²) in [6.45, 7) is 11.1. The Kier molecular flexibility index (Phi) is 7.51. The molecule has 0 aliphatic carbocycles. The van der Waals surface area contributed by atoms with Crippen molar-refractivity contribution in [3.63, 3.8) is 0 Å². The number of ether oxygens (including phenoxy) is 2. The first-order valence-corrected chi connectivity index (χ1v) is 12.0. The molecule has 2 fully saturated rings. The largest absolute Gasteiger partial charge is 0.493 e. The molecule has 170 valence electrons. The van der Waals surface area contributed by atoms with Crippen molar-refractivity contribution in [2.24, 2.45) is 0 Å². The third-order valence-corrected chi connectivity index (χ3v) is 6.72. The van der Waals surface area contributed by atoms with Crippen molar-refractivity contribution < 1.29 is 9.47 Å². The van der Waals surface area contributed by atoms with E-state index in [1.807, 2.05) is 12.3 Å². The van der Waals surface area contributed by atoms with Crippen LogP contribution in [0.5, 0.6) is 11.5 Å². The van der Waals surface area contributed by atoms with E-state index in [1.165, 1.54) is 25.9 Å². The maximum atomic E-state index is 6.10. The summed E-state index contributed by atoms with van der Waals surface area (Å²) in [5.41, 5.74) is 2.08. The summed E-state index contributed by atoms with van der Waals surface area (Å²) in [5, 5.41) is 4.86. The number of fused-ring (bicyclic) bond motifs is 1. The molecule has 31 heavy (non-hydrogen) atoms. The Labute approximate surface area is 186 Å². The lowest BCUT2D eigenvalue weighted by atomic mass is 10.0. The predicted octanol–water partition coefficient (Wildman–Crippen LogP) is 4.39. The number of benzene rings is 1. The number of pyridine rings is 1. The molecule has 3 heterocycles. The zero-order valence-corrected chi connectivity index (χ0v) is 19.4. The molecular weight excluding hydrogens is 388 g/mol. The van der Waals surface area contributed by atoms with Gasteiger partial charge in [0, 0.05) is 55.1 Å². The van der Waals surface area contributed by atoms with Gasteiger partial charge < -0.3 is 24.6 Å². The fraction of sp³-hybridized carbons (Fsp3) is 0.640. The highest BCUT2D eigenvalue weighted by Gasteiger charge is 2.21. The number of anilines is 1. The van der Waals surface area contributed by atoms with Crippen molar-refractivity contribution in [1.82, 2.24) is 14.8 Å². The molecule has 0 radical (unpaired) electrons. The number of aromatic nitrogens is 1. The minimum atomic E-state index is 0.494. The van der Waals surface area contributed by atoms with Gasteiger partial charge in [0.25, 0.3) is 0 Å². The minimum absolute atomic E-state index is 0.494. The molecule has 1 N–H and O–H groups in total. The third kappa shape index (κ3) is 5.60. The Morgan fingerprint density at radius 2 is 1.87 bits per heavy atom. The van der Waals surface area contributed by atoms with E-state index >= 15 is 0 Å². The summed E-state index contributed by atoms with van der Waals surface area (Å²) in [6, 6.07) is 7.29. The normalized spacial score (nSPS) is 18.7. The second-order valence-corrected chi connectivity index (χ2v) is 9.18. The van der Waals surface area contributed by atoms with Gasteiger partial charge in [-0.25, -0.2) is 0 Å². The number of likely N-dealkylation sites (tertiary alicyclic amines) is 2. The summed E-state index contributed by atoms with van der Waals surface area (Å²) in [7, 11) is 1.71. The van der Waals surface area contributed by atoms with E-state index < -0.39 is 0 Å². The van der Waals surface area contributed by atoms with Gasteiger partial charge in [-0.1, -0.05) is 0 Å². The molecule has 0 bridgehead atoms. The van der Waals surface area contributed by atoms with Crippen molar-refractivity contribution in [3.05, 3.63) is 24.4 Å². The van der Waals surface area contributed by atoms with Crippen molar-refractivity contribution in [2.45, 2.75) is 58.0 Å². The molecule has 4 rings (SSSR count). The second kappa shape index (κ2) is 10.5. The van der Waals surface area contributed by atoms with E-state index in [9.17, 15) is 0 Å². The molecule has 2 saturated heterocycles. The first-order valence-electron chi connectivity index (χ1n) is 12.0. The summed E-state index contributed by atoms with van der Waals surface area (Å²) in [5.74, 6) is 1.56. The molecule has 6 heteroatoms. The van der Waals surface area contributed by atoms with Crippen LogP contribution < -0.4 is 14.8 Å². The van der Waals surface area contributed by atoms with Crippen LogP contribution in [0.4, 0.5) is 5.69 Å². The van der Waals surface area contributed by atoms with Crippen molar-refractivity contribution >= 4 is 16.6 Å². The van der Waals surface area contributed by atoms with E-state index in [-0.39, 0.29) is 0 Å². The first kappa shape index (κ1) is 22.2. The molecule has 2 aliphatic rings. The van der Waals surface area contributed by atoms with E-state index in [1.54, 1.807) is 7.11 Å². The van der Waals surface area contributed by atoms with Crippen LogP contribution in [0.3, 0.4) is 0 Å². The van der Waals surface area contributed by atoms with E-state index in [0.29, 0.717) is 18.7 Å². The molecule has 0 amide bonds. The zero-order chi connectivity index (χ0) is 21.6. The molecule has 0 unspecified atom stereocenters. The number of hydrogen-bond acceptors (Lipinski definition) is 6. The summed E-state index contributed by atoms with van der Waals surface area (Å²) < 4.78 is 11.8. The molecule has 1 aromatic carbocycles. The maximum absolute atomic E-state index is 6.10. The van der Waals surface area contributed by atoms with Crippen LogP contribution in [-0.4, -0.2) is 73.3 Å². The van der Waals surface area contributed by atoms with Gasteiger partial charge in [-0.15, -0.1) is 0 Å². The molecule has 0 saturated carbocycles. The average molecular weight is 427 g/mol. The summed E-state index contributed by atoms with van der Waals surface area (Å²) >= 11 is 0. The lowest BCUT2D eigenvalue weighted by Crippen LogP contribution is -2.42. The smallest absolute Gasteiger partial charge is 0.163 e. The van der Waals surface area contributed by atoms with Crippen LogP contribution in [0.25, 0.3) is 10.9 Å². The average Bonchev–Trinajstić information content (AvgIpc) is 3.30. The predicted molar refractivity (Wildman–Crippen MR) is 127 cm³/mol. The van der Waals surface area contributed by atoms with Crippen molar-refractivity contribution in [3.8, 4) is 11.5 Å². The second-order valence-electron chi connectivity index (χ2n) is 9.18. The molecule has 6 nitrogen and oxygen atoms in total. The Bertz CT molecular complexity index is 843. The number of piperidine rings is 1. The minimum Gasteiger partial charge on any atom is -0.493 e. The quantitative estimate of drug-likeness (QED) is 0.600. The SMILES string of the molecule is COc1cc2c(NC3CCN(C(C)C)CC3)ccnc2cc1OCCCN1CCCC1. The fourth-order valence-electron chi connectivity index (χ4n) is 4.81. The molecule has 2 aliphatic heterocycles. The highest BCUT2D eigenvalue weighted by atomic mass is 16.5. The van der Waals surface area contributed by atoms with E-state index in [2.05, 4.69) is 46.1 Å². The Morgan fingerprint density at radius 1 is 1.10 bits per heavy atom. The van der Waals surface area contributed by atoms with Crippen molar-refractivity contribution in [2.75, 3.05) is 51.8 Å². The number of nitrogens with one attached hydrogen (secondary N) is 1. The molecule has 0 atom stereocenters. The van der Waals surface area contributed by atoms with Crippen LogP contribution in [0.2, 0.25) is 0 Å². The monoisotopic (exact) mass is 426 g/mol. The van der Waals surface area contributed by atoms with Gasteiger partial charge in [0.15, 0.2) is 11.5 Å². The fourth-order valence-corrected chi connectivity index (χ4v) is 4.81. The standard InChI is InChI=1S/C25H38N4O2/c1-19(2)29-14-8-20(9-15-29)27-22-7-10-26-23-18-25(24(30-3)17-21(22)23)31-16-6-13-28-11-4-5-12-28/h7,10,17-20H,4-6,8-9,11-16H2,1-3H3,(H,26,27). The Hall–Kier alpha value is -2.05. The topological polar surface area (TPSA) is 49.9 Å². The molecule has 2 aromatic rings. The van der Waals surface area contributed by atoms with Gasteiger partial charge >= 0.3 is 0 Å². The van der Waals surface area contributed by atoms with Crippen LogP contribution >= 0.6 is 0 Å². The molecular formula is C25H38N4O2. The van der Waals surface area contributed by atoms with Crippen LogP contribution in [0, 0.1) is 0 Å². The number of methoxy groups -OCH3 is 1. The zero-order valence-electron chi connectivity index (χ0n) is 19.4. The Balaban J connectivity index is 1.41. The van der Waals surface area contributed by atoms with Crippen LogP contribution in [0.15, 0.2) is 24.4 Å². The number of rotatable bonds is 9. The van der Waals surface area contributed by atoms with Gasteiger partial charge in [-0.3, -0.25) is 4.98 Å². The number of nitrogens with zero attached hydrogens (tertiary/aromatic N) is 3. The summed E-state index contributed by atoms with van der Waals surface area (Å²) in [6.07, 6.45) is 7.91. The van der Waals surface area contributed by atoms with E-state index in [4.69, 9.17) is 9.47 Å². The van der Waals surface area contributed by atoms with Gasteiger partial charge in [-0.05, 0) is 71.2 Å². The maximum Gasteiger partial charge on any atom is 0.163 e. The molecule has 0 spiro atoms. The summed E-state index contributed by atoms with van der Waals surface area (Å²) in [4.78, 5) is 9.68. The third-order valence-electron chi connectivity index (χ3n) is 6.72. The lowest BCUT2D eigenvalue weighted by Gasteiger charge is -2.35. The molecule has 1 aromatic heterocycles. The van der Waals surface area contributed by atoms with Gasteiger partial charge in [0.05, 0.1) is 19.2 Å². The van der Waals surface area contributed by atoms with Crippen LogP contribution in [0.1, 0.15) is 46.0 Å². The number of hydrogen-bond donors (Lipinski definition) is 1. The van der Waals surface area contributed by atoms with Gasteiger partial charge in [0.1, 0.15) is 0 Å². The highest BCUT2D eigenvalue weighted by molar-refractivity contribution is 5.93. The first-order chi connectivity index (χ1) is 15.1. The highest BCUT2D eigenvalue weighted by Crippen LogP contribution is 2.35. The lowest BCUT2D eigenvalue weighted by molar-refractivity contribution is 0.177. The van der Waals surface area contributed by atoms with Gasteiger partial charge in [-0.2, -0.15) is 0 Å². The van der Waals surface area contributed by atoms with Gasteiger partial charge in [0.2, 0.25) is 0 Å². The van der Waals surface area contributed by atoms with Crippen molar-refractivity contribution in [1.29, 1.82) is 0 Å². The van der Waals surface area contributed by atoms with Crippen LogP contribution in [-0.2, 0) is 0 Å². The van der Waals surface area contributed by atoms with E-state index in [0.717, 1.165) is 67.0 Å².